The molecule has 144 valence electrons. The zero-order valence-corrected chi connectivity index (χ0v) is 18.4. The number of phenols is 1. The Morgan fingerprint density at radius 2 is 1.58 bits per heavy atom. The van der Waals surface area contributed by atoms with E-state index in [4.69, 9.17) is 4.98 Å². The number of phenolic OH excluding ortho intramolecular Hbond substituents is 1. The van der Waals surface area contributed by atoms with Crippen LogP contribution in [0.1, 0.15) is 64.1 Å². The fourth-order valence-corrected chi connectivity index (χ4v) is 4.02. The molecule has 1 N–H and O–H groups in total. The predicted octanol–water partition coefficient (Wildman–Crippen LogP) is 5.74. The molecule has 1 aromatic heterocycles. The van der Waals surface area contributed by atoms with E-state index in [1.54, 1.807) is 11.3 Å². The molecule has 0 spiro atoms. The zero-order valence-electron chi connectivity index (χ0n) is 16.7. The van der Waals surface area contributed by atoms with Crippen molar-refractivity contribution in [3.05, 3.63) is 33.6 Å². The van der Waals surface area contributed by atoms with E-state index in [9.17, 15) is 5.11 Å². The van der Waals surface area contributed by atoms with Crippen molar-refractivity contribution >= 4 is 23.7 Å². The quantitative estimate of drug-likeness (QED) is 0.721. The molecule has 26 heavy (non-hydrogen) atoms. The summed E-state index contributed by atoms with van der Waals surface area (Å²) in [5.74, 6) is 0.430. The van der Waals surface area contributed by atoms with Gasteiger partial charge in [-0.1, -0.05) is 41.5 Å². The van der Waals surface area contributed by atoms with Crippen LogP contribution in [0.5, 0.6) is 5.75 Å². The monoisotopic (exact) mass is 394 g/mol. The number of halogens is 1. The van der Waals surface area contributed by atoms with Crippen molar-refractivity contribution in [2.24, 2.45) is 0 Å². The van der Waals surface area contributed by atoms with Crippen molar-refractivity contribution in [2.75, 3.05) is 13.1 Å². The third-order valence-electron chi connectivity index (χ3n) is 4.88. The summed E-state index contributed by atoms with van der Waals surface area (Å²) in [7, 11) is 0. The van der Waals surface area contributed by atoms with Crippen molar-refractivity contribution in [1.82, 2.24) is 9.88 Å². The van der Waals surface area contributed by atoms with Crippen LogP contribution in [0.25, 0.3) is 11.3 Å². The maximum atomic E-state index is 10.9. The highest BCUT2D eigenvalue weighted by atomic mass is 35.5. The highest BCUT2D eigenvalue weighted by molar-refractivity contribution is 7.09. The minimum Gasteiger partial charge on any atom is -0.507 e. The van der Waals surface area contributed by atoms with Gasteiger partial charge >= 0.3 is 0 Å². The van der Waals surface area contributed by atoms with Crippen molar-refractivity contribution in [1.29, 1.82) is 0 Å². The molecule has 0 radical (unpaired) electrons. The summed E-state index contributed by atoms with van der Waals surface area (Å²) < 4.78 is 0. The predicted molar refractivity (Wildman–Crippen MR) is 114 cm³/mol. The third-order valence-corrected chi connectivity index (χ3v) is 5.71. The van der Waals surface area contributed by atoms with Gasteiger partial charge in [-0.3, -0.25) is 4.90 Å². The molecule has 3 nitrogen and oxygen atoms in total. The average molecular weight is 395 g/mol. The molecule has 0 bridgehead atoms. The first-order valence-corrected chi connectivity index (χ1v) is 9.99. The lowest BCUT2D eigenvalue weighted by Crippen LogP contribution is -2.36. The van der Waals surface area contributed by atoms with Gasteiger partial charge in [0.05, 0.1) is 12.2 Å². The molecule has 1 aliphatic heterocycles. The Morgan fingerprint density at radius 3 is 2.00 bits per heavy atom. The minimum atomic E-state index is -0.115. The van der Waals surface area contributed by atoms with Crippen molar-refractivity contribution in [3.8, 4) is 17.0 Å². The average Bonchev–Trinajstić information content (AvgIpc) is 2.89. The maximum Gasteiger partial charge on any atom is 0.123 e. The first-order valence-electron chi connectivity index (χ1n) is 9.11. The molecule has 1 aromatic carbocycles. The molecule has 2 heterocycles. The second-order valence-electron chi connectivity index (χ2n) is 9.18. The SMILES string of the molecule is CC(C)(C)c1cc(-c2csc(CN3CCC3)n2)cc(C(C)(C)C)c1O.Cl. The molecule has 0 atom stereocenters. The van der Waals surface area contributed by atoms with E-state index < -0.39 is 0 Å². The standard InChI is InChI=1S/C21H30N2OS.ClH/c1-20(2,3)15-10-14(11-16(19(15)24)21(4,5)6)17-13-25-18(22-17)12-23-8-7-9-23;/h10-11,13,24H,7-9,12H2,1-6H3;1H. The molecule has 1 aliphatic rings. The second kappa shape index (κ2) is 7.49. The largest absolute Gasteiger partial charge is 0.507 e. The lowest BCUT2D eigenvalue weighted by atomic mass is 9.78. The molecular weight excluding hydrogens is 364 g/mol. The highest BCUT2D eigenvalue weighted by Crippen LogP contribution is 2.42. The summed E-state index contributed by atoms with van der Waals surface area (Å²) in [6.07, 6.45) is 1.31. The Labute approximate surface area is 167 Å². The van der Waals surface area contributed by atoms with Crippen molar-refractivity contribution in [3.63, 3.8) is 0 Å². The first-order chi connectivity index (χ1) is 11.6. The van der Waals surface area contributed by atoms with Gasteiger partial charge < -0.3 is 5.11 Å². The number of benzene rings is 1. The Bertz CT molecular complexity index is 732. The third kappa shape index (κ3) is 4.41. The van der Waals surface area contributed by atoms with Crippen molar-refractivity contribution < 1.29 is 5.11 Å². The number of hydrogen-bond acceptors (Lipinski definition) is 4. The second-order valence-corrected chi connectivity index (χ2v) is 10.1. The van der Waals surface area contributed by atoms with Crippen LogP contribution in [0.15, 0.2) is 17.5 Å². The fraction of sp³-hybridized carbons (Fsp3) is 0.571. The van der Waals surface area contributed by atoms with Gasteiger partial charge in [-0.25, -0.2) is 4.98 Å². The van der Waals surface area contributed by atoms with E-state index in [0.29, 0.717) is 5.75 Å². The number of hydrogen-bond donors (Lipinski definition) is 1. The summed E-state index contributed by atoms with van der Waals surface area (Å²) in [5.41, 5.74) is 3.89. The van der Waals surface area contributed by atoms with Crippen LogP contribution in [0, 0.1) is 0 Å². The van der Waals surface area contributed by atoms with E-state index in [0.717, 1.165) is 28.9 Å². The van der Waals surface area contributed by atoms with Crippen LogP contribution in [-0.4, -0.2) is 28.1 Å². The molecule has 0 aliphatic carbocycles. The maximum absolute atomic E-state index is 10.9. The lowest BCUT2D eigenvalue weighted by Gasteiger charge is -2.29. The number of aromatic nitrogens is 1. The van der Waals surface area contributed by atoms with Crippen LogP contribution in [0.2, 0.25) is 0 Å². The Hall–Kier alpha value is -1.10. The Morgan fingerprint density at radius 1 is 1.04 bits per heavy atom. The number of nitrogens with zero attached hydrogens (tertiary/aromatic N) is 2. The molecule has 2 aromatic rings. The number of thiazole rings is 1. The van der Waals surface area contributed by atoms with Gasteiger partial charge in [0.25, 0.3) is 0 Å². The molecule has 5 heteroatoms. The zero-order chi connectivity index (χ0) is 18.4. The molecule has 0 amide bonds. The summed E-state index contributed by atoms with van der Waals surface area (Å²) in [6.45, 7) is 16.2. The minimum absolute atomic E-state index is 0. The topological polar surface area (TPSA) is 36.4 Å². The smallest absolute Gasteiger partial charge is 0.123 e. The molecular formula is C21H31ClN2OS. The first kappa shape index (κ1) is 21.2. The van der Waals surface area contributed by atoms with E-state index in [1.807, 2.05) is 0 Å². The van der Waals surface area contributed by atoms with E-state index in [1.165, 1.54) is 24.5 Å². The molecule has 3 rings (SSSR count). The van der Waals surface area contributed by atoms with E-state index in [2.05, 4.69) is 64.0 Å². The number of aromatic hydroxyl groups is 1. The molecule has 0 unspecified atom stereocenters. The van der Waals surface area contributed by atoms with Crippen molar-refractivity contribution in [2.45, 2.75) is 65.3 Å². The summed E-state index contributed by atoms with van der Waals surface area (Å²) >= 11 is 1.74. The van der Waals surface area contributed by atoms with Gasteiger partial charge in [-0.05, 0) is 42.5 Å². The number of rotatable bonds is 3. The van der Waals surface area contributed by atoms with Crippen LogP contribution in [0.4, 0.5) is 0 Å². The molecule has 0 saturated carbocycles. The summed E-state index contributed by atoms with van der Waals surface area (Å²) in [4.78, 5) is 7.30. The van der Waals surface area contributed by atoms with Gasteiger partial charge in [-0.15, -0.1) is 23.7 Å². The van der Waals surface area contributed by atoms with Gasteiger partial charge in [-0.2, -0.15) is 0 Å². The van der Waals surface area contributed by atoms with Gasteiger partial charge in [0.2, 0.25) is 0 Å². The van der Waals surface area contributed by atoms with Gasteiger partial charge in [0.1, 0.15) is 10.8 Å². The normalized spacial score (nSPS) is 15.5. The van der Waals surface area contributed by atoms with Crippen LogP contribution in [0.3, 0.4) is 0 Å². The van der Waals surface area contributed by atoms with E-state index in [-0.39, 0.29) is 23.2 Å². The Kier molecular flexibility index (Phi) is 6.11. The van der Waals surface area contributed by atoms with E-state index >= 15 is 0 Å². The van der Waals surface area contributed by atoms with Crippen LogP contribution < -0.4 is 0 Å². The molecule has 1 saturated heterocycles. The molecule has 1 fully saturated rings. The van der Waals surface area contributed by atoms with Gasteiger partial charge in [0.15, 0.2) is 0 Å². The fourth-order valence-electron chi connectivity index (χ4n) is 3.17. The lowest BCUT2D eigenvalue weighted by molar-refractivity contribution is 0.172. The Balaban J connectivity index is 0.00000243. The number of likely N-dealkylation sites (tertiary alicyclic amines) is 1. The summed E-state index contributed by atoms with van der Waals surface area (Å²) in [5, 5.41) is 14.2. The highest BCUT2D eigenvalue weighted by Gasteiger charge is 2.27. The van der Waals surface area contributed by atoms with Gasteiger partial charge in [0, 0.05) is 22.1 Å². The van der Waals surface area contributed by atoms with Crippen LogP contribution in [-0.2, 0) is 17.4 Å². The van der Waals surface area contributed by atoms with Crippen LogP contribution >= 0.6 is 23.7 Å². The summed E-state index contributed by atoms with van der Waals surface area (Å²) in [6, 6.07) is 4.24.